The van der Waals surface area contributed by atoms with Gasteiger partial charge in [0, 0.05) is 37.6 Å². The van der Waals surface area contributed by atoms with Crippen LogP contribution in [0.25, 0.3) is 11.0 Å². The second-order valence-electron chi connectivity index (χ2n) is 6.71. The number of benzene rings is 1. The Kier molecular flexibility index (Phi) is 5.03. The minimum Gasteiger partial charge on any atom is -0.497 e. The summed E-state index contributed by atoms with van der Waals surface area (Å²) >= 11 is 5.86. The molecular formula is C18H19ClF2N6O. The number of fused-ring (bicyclic) bond motifs is 1. The van der Waals surface area contributed by atoms with Crippen molar-refractivity contribution in [3.8, 4) is 5.75 Å². The first kappa shape index (κ1) is 18.8. The predicted molar refractivity (Wildman–Crippen MR) is 102 cm³/mol. The number of halogens is 3. The molecule has 148 valence electrons. The number of hydrogen-bond donors (Lipinski definition) is 1. The largest absolute Gasteiger partial charge is 0.497 e. The summed E-state index contributed by atoms with van der Waals surface area (Å²) in [4.78, 5) is 14.8. The lowest BCUT2D eigenvalue weighted by Crippen LogP contribution is -2.50. The van der Waals surface area contributed by atoms with E-state index >= 15 is 0 Å². The molecule has 1 saturated heterocycles. The number of nitrogens with two attached hydrogens (primary N) is 1. The van der Waals surface area contributed by atoms with Gasteiger partial charge in [0.15, 0.2) is 5.82 Å². The van der Waals surface area contributed by atoms with E-state index in [1.165, 1.54) is 25.6 Å². The smallest absolute Gasteiger partial charge is 0.207 e. The number of nitrogens with zero attached hydrogens (tertiary/aromatic N) is 5. The average Bonchev–Trinajstić information content (AvgIpc) is 3.04. The maximum atomic E-state index is 14.6. The van der Waals surface area contributed by atoms with Crippen LogP contribution < -0.4 is 15.4 Å². The molecule has 28 heavy (non-hydrogen) atoms. The molecule has 2 aromatic heterocycles. The highest BCUT2D eigenvalue weighted by molar-refractivity contribution is 6.30. The summed E-state index contributed by atoms with van der Waals surface area (Å²) in [5, 5.41) is 0.420. The summed E-state index contributed by atoms with van der Waals surface area (Å²) in [6.45, 7) is 0.948. The Labute approximate surface area is 165 Å². The summed E-state index contributed by atoms with van der Waals surface area (Å²) < 4.78 is 35.4. The number of alkyl halides is 1. The minimum atomic E-state index is -1.06. The maximum Gasteiger partial charge on any atom is 0.207 e. The number of ether oxygens (including phenoxy) is 1. The number of aromatic nitrogens is 4. The fourth-order valence-corrected chi connectivity index (χ4v) is 3.45. The normalized spacial score (nSPS) is 20.0. The van der Waals surface area contributed by atoms with Gasteiger partial charge >= 0.3 is 0 Å². The van der Waals surface area contributed by atoms with Crippen molar-refractivity contribution in [2.24, 2.45) is 5.73 Å². The van der Waals surface area contributed by atoms with Crippen LogP contribution in [-0.2, 0) is 6.54 Å². The Morgan fingerprint density at radius 3 is 2.75 bits per heavy atom. The maximum absolute atomic E-state index is 14.6. The Morgan fingerprint density at radius 2 is 2.07 bits per heavy atom. The van der Waals surface area contributed by atoms with E-state index < -0.39 is 18.0 Å². The second kappa shape index (κ2) is 7.48. The third-order valence-electron chi connectivity index (χ3n) is 4.82. The summed E-state index contributed by atoms with van der Waals surface area (Å²) in [6, 6.07) is 2.35. The molecule has 0 bridgehead atoms. The highest BCUT2D eigenvalue weighted by atomic mass is 35.5. The fourth-order valence-electron chi connectivity index (χ4n) is 3.36. The number of piperidine rings is 1. The lowest BCUT2D eigenvalue weighted by Gasteiger charge is -2.34. The van der Waals surface area contributed by atoms with Crippen molar-refractivity contribution in [3.05, 3.63) is 41.2 Å². The molecule has 2 atom stereocenters. The molecule has 0 unspecified atom stereocenters. The van der Waals surface area contributed by atoms with Crippen LogP contribution in [0.4, 0.5) is 14.7 Å². The minimum absolute atomic E-state index is 0.195. The van der Waals surface area contributed by atoms with E-state index in [1.807, 2.05) is 4.90 Å². The lowest BCUT2D eigenvalue weighted by molar-refractivity contribution is 0.243. The van der Waals surface area contributed by atoms with Gasteiger partial charge in [-0.1, -0.05) is 11.6 Å². The molecule has 0 aliphatic carbocycles. The van der Waals surface area contributed by atoms with Gasteiger partial charge in [-0.3, -0.25) is 0 Å². The molecule has 1 aliphatic heterocycles. The number of rotatable bonds is 4. The van der Waals surface area contributed by atoms with Crippen molar-refractivity contribution in [1.82, 2.24) is 19.5 Å². The molecule has 2 N–H and O–H groups in total. The van der Waals surface area contributed by atoms with Crippen LogP contribution in [0, 0.1) is 5.82 Å². The van der Waals surface area contributed by atoms with E-state index in [9.17, 15) is 8.78 Å². The SMILES string of the molecule is COc1cc(F)c2nc(N3CC[C@@H](F)[C@H](N)C3)n(Cc3ncc(Cl)cn3)c2c1. The molecule has 7 nitrogen and oxygen atoms in total. The second-order valence-corrected chi connectivity index (χ2v) is 7.14. The van der Waals surface area contributed by atoms with Gasteiger partial charge < -0.3 is 19.9 Å². The van der Waals surface area contributed by atoms with Gasteiger partial charge in [-0.05, 0) is 6.42 Å². The molecule has 1 fully saturated rings. The number of imidazole rings is 1. The van der Waals surface area contributed by atoms with E-state index in [4.69, 9.17) is 22.1 Å². The van der Waals surface area contributed by atoms with Crippen LogP contribution in [0.3, 0.4) is 0 Å². The Balaban J connectivity index is 1.83. The van der Waals surface area contributed by atoms with Gasteiger partial charge in [-0.25, -0.2) is 23.7 Å². The molecule has 0 amide bonds. The third-order valence-corrected chi connectivity index (χ3v) is 5.02. The topological polar surface area (TPSA) is 82.1 Å². The molecule has 10 heteroatoms. The molecule has 0 saturated carbocycles. The number of anilines is 1. The average molecular weight is 409 g/mol. The summed E-state index contributed by atoms with van der Waals surface area (Å²) in [6.07, 6.45) is 2.21. The van der Waals surface area contributed by atoms with Crippen molar-refractivity contribution in [2.75, 3.05) is 25.1 Å². The van der Waals surface area contributed by atoms with Crippen molar-refractivity contribution < 1.29 is 13.5 Å². The van der Waals surface area contributed by atoms with Gasteiger partial charge in [0.25, 0.3) is 0 Å². The Hall–Kier alpha value is -2.52. The van der Waals surface area contributed by atoms with Crippen LogP contribution in [0.5, 0.6) is 5.75 Å². The standard InChI is InChI=1S/C18H19ClF2N6O/c1-28-11-4-13(21)17-15(5-11)27(9-16-23-6-10(19)7-24-16)18(25-17)26-3-2-12(20)14(22)8-26/h4-7,12,14H,2-3,8-9,22H2,1H3/t12-,14-/m1/s1. The van der Waals surface area contributed by atoms with Crippen LogP contribution in [-0.4, -0.2) is 51.9 Å². The molecular weight excluding hydrogens is 390 g/mol. The van der Waals surface area contributed by atoms with Crippen molar-refractivity contribution in [1.29, 1.82) is 0 Å². The van der Waals surface area contributed by atoms with Gasteiger partial charge in [0.05, 0.1) is 30.2 Å². The van der Waals surface area contributed by atoms with E-state index in [0.717, 1.165) is 0 Å². The monoisotopic (exact) mass is 408 g/mol. The molecule has 3 heterocycles. The summed E-state index contributed by atoms with van der Waals surface area (Å²) in [7, 11) is 1.47. The van der Waals surface area contributed by atoms with E-state index in [2.05, 4.69) is 15.0 Å². The highest BCUT2D eigenvalue weighted by Gasteiger charge is 2.30. The van der Waals surface area contributed by atoms with Gasteiger partial charge in [0.1, 0.15) is 23.3 Å². The third kappa shape index (κ3) is 3.47. The van der Waals surface area contributed by atoms with E-state index in [0.29, 0.717) is 34.6 Å². The molecule has 0 spiro atoms. The van der Waals surface area contributed by atoms with Crippen LogP contribution in [0.1, 0.15) is 12.2 Å². The summed E-state index contributed by atoms with van der Waals surface area (Å²) in [5.41, 5.74) is 6.63. The molecule has 4 rings (SSSR count). The van der Waals surface area contributed by atoms with Crippen molar-refractivity contribution >= 4 is 28.6 Å². The number of hydrogen-bond acceptors (Lipinski definition) is 6. The van der Waals surface area contributed by atoms with Gasteiger partial charge in [0.2, 0.25) is 5.95 Å². The van der Waals surface area contributed by atoms with Gasteiger partial charge in [-0.15, -0.1) is 0 Å². The van der Waals surface area contributed by atoms with Crippen LogP contribution in [0.15, 0.2) is 24.5 Å². The predicted octanol–water partition coefficient (Wildman–Crippen LogP) is 2.55. The molecule has 0 radical (unpaired) electrons. The first-order valence-corrected chi connectivity index (χ1v) is 9.19. The number of methoxy groups -OCH3 is 1. The highest BCUT2D eigenvalue weighted by Crippen LogP contribution is 2.30. The zero-order chi connectivity index (χ0) is 19.8. The van der Waals surface area contributed by atoms with E-state index in [1.54, 1.807) is 10.6 Å². The first-order valence-electron chi connectivity index (χ1n) is 8.81. The van der Waals surface area contributed by atoms with Crippen molar-refractivity contribution in [3.63, 3.8) is 0 Å². The Bertz CT molecular complexity index is 996. The molecule has 3 aromatic rings. The zero-order valence-electron chi connectivity index (χ0n) is 15.1. The quantitative estimate of drug-likeness (QED) is 0.714. The molecule has 1 aromatic carbocycles. The summed E-state index contributed by atoms with van der Waals surface area (Å²) in [5.74, 6) is 0.839. The first-order chi connectivity index (χ1) is 13.5. The van der Waals surface area contributed by atoms with Crippen molar-refractivity contribution in [2.45, 2.75) is 25.2 Å². The van der Waals surface area contributed by atoms with Crippen LogP contribution >= 0.6 is 11.6 Å². The lowest BCUT2D eigenvalue weighted by atomic mass is 10.1. The fraction of sp³-hybridized carbons (Fsp3) is 0.389. The van der Waals surface area contributed by atoms with Gasteiger partial charge in [-0.2, -0.15) is 0 Å². The Morgan fingerprint density at radius 1 is 1.32 bits per heavy atom. The zero-order valence-corrected chi connectivity index (χ0v) is 15.9. The molecule has 1 aliphatic rings. The van der Waals surface area contributed by atoms with Crippen LogP contribution in [0.2, 0.25) is 5.02 Å². The van der Waals surface area contributed by atoms with E-state index in [-0.39, 0.29) is 25.0 Å².